The monoisotopic (exact) mass is 420 g/mol. The second kappa shape index (κ2) is 8.02. The molecular formula is C24H18F2N2O3. The SMILES string of the molecule is COc1ccc(C2=C(Nc3ccc(C)cc3)C(=O)N(c3ccc(F)c(F)c3)C2=O)cc1. The van der Waals surface area contributed by atoms with Gasteiger partial charge in [0.05, 0.1) is 18.4 Å². The highest BCUT2D eigenvalue weighted by Crippen LogP contribution is 2.34. The maximum Gasteiger partial charge on any atom is 0.282 e. The molecule has 156 valence electrons. The lowest BCUT2D eigenvalue weighted by Gasteiger charge is -2.15. The molecule has 1 aliphatic rings. The van der Waals surface area contributed by atoms with Crippen molar-refractivity contribution in [3.63, 3.8) is 0 Å². The molecule has 1 aliphatic heterocycles. The molecule has 0 unspecified atom stereocenters. The summed E-state index contributed by atoms with van der Waals surface area (Å²) in [7, 11) is 1.52. The zero-order valence-electron chi connectivity index (χ0n) is 16.8. The number of aryl methyl sites for hydroxylation is 1. The van der Waals surface area contributed by atoms with Gasteiger partial charge in [0.25, 0.3) is 11.8 Å². The van der Waals surface area contributed by atoms with Crippen LogP contribution < -0.4 is 15.0 Å². The first-order chi connectivity index (χ1) is 14.9. The van der Waals surface area contributed by atoms with Crippen molar-refractivity contribution in [2.45, 2.75) is 6.92 Å². The molecule has 0 fully saturated rings. The fourth-order valence-corrected chi connectivity index (χ4v) is 3.31. The summed E-state index contributed by atoms with van der Waals surface area (Å²) in [5, 5.41) is 3.02. The number of rotatable bonds is 5. The van der Waals surface area contributed by atoms with E-state index in [1.54, 1.807) is 36.4 Å². The van der Waals surface area contributed by atoms with E-state index in [1.165, 1.54) is 13.2 Å². The summed E-state index contributed by atoms with van der Waals surface area (Å²) in [6.07, 6.45) is 0. The van der Waals surface area contributed by atoms with Gasteiger partial charge in [0.2, 0.25) is 0 Å². The normalized spacial score (nSPS) is 13.7. The number of nitrogens with one attached hydrogen (secondary N) is 1. The van der Waals surface area contributed by atoms with Crippen LogP contribution in [0.2, 0.25) is 0 Å². The van der Waals surface area contributed by atoms with Crippen LogP contribution in [0.25, 0.3) is 5.57 Å². The van der Waals surface area contributed by atoms with Crippen molar-refractivity contribution in [2.24, 2.45) is 0 Å². The standard InChI is InChI=1S/C24H18F2N2O3/c1-14-3-7-16(8-4-14)27-22-21(15-5-10-18(31-2)11-6-15)23(29)28(24(22)30)17-9-12-19(25)20(26)13-17/h3-13,27H,1-2H3. The molecule has 31 heavy (non-hydrogen) atoms. The van der Waals surface area contributed by atoms with Gasteiger partial charge >= 0.3 is 0 Å². The Morgan fingerprint density at radius 2 is 1.52 bits per heavy atom. The molecular weight excluding hydrogens is 402 g/mol. The van der Waals surface area contributed by atoms with Crippen LogP contribution in [-0.2, 0) is 9.59 Å². The molecule has 0 aromatic heterocycles. The van der Waals surface area contributed by atoms with Gasteiger partial charge in [-0.3, -0.25) is 9.59 Å². The van der Waals surface area contributed by atoms with E-state index in [-0.39, 0.29) is 17.0 Å². The van der Waals surface area contributed by atoms with Crippen molar-refractivity contribution in [3.05, 3.63) is 95.2 Å². The Balaban J connectivity index is 1.81. The molecule has 0 aliphatic carbocycles. The lowest BCUT2D eigenvalue weighted by molar-refractivity contribution is -0.120. The van der Waals surface area contributed by atoms with E-state index in [2.05, 4.69) is 5.32 Å². The third kappa shape index (κ3) is 3.77. The van der Waals surface area contributed by atoms with Crippen molar-refractivity contribution in [1.82, 2.24) is 0 Å². The highest BCUT2D eigenvalue weighted by molar-refractivity contribution is 6.46. The number of benzene rings is 3. The number of imide groups is 1. The summed E-state index contributed by atoms with van der Waals surface area (Å²) in [5.41, 5.74) is 2.24. The Kier molecular flexibility index (Phi) is 5.25. The molecule has 0 saturated carbocycles. The number of halogens is 2. The number of carbonyl (C=O) groups excluding carboxylic acids is 2. The molecule has 0 atom stereocenters. The minimum absolute atomic E-state index is 0.0451. The predicted molar refractivity (Wildman–Crippen MR) is 114 cm³/mol. The first-order valence-electron chi connectivity index (χ1n) is 9.45. The molecule has 1 N–H and O–H groups in total. The molecule has 0 saturated heterocycles. The lowest BCUT2D eigenvalue weighted by atomic mass is 10.0. The van der Waals surface area contributed by atoms with Crippen molar-refractivity contribution >= 4 is 28.8 Å². The largest absolute Gasteiger partial charge is 0.497 e. The van der Waals surface area contributed by atoms with Crippen LogP contribution in [0.4, 0.5) is 20.2 Å². The highest BCUT2D eigenvalue weighted by Gasteiger charge is 2.40. The van der Waals surface area contributed by atoms with E-state index in [9.17, 15) is 18.4 Å². The van der Waals surface area contributed by atoms with Crippen LogP contribution in [0, 0.1) is 18.6 Å². The molecule has 3 aromatic rings. The van der Waals surface area contributed by atoms with Gasteiger partial charge in [0, 0.05) is 11.8 Å². The van der Waals surface area contributed by atoms with Gasteiger partial charge in [-0.25, -0.2) is 13.7 Å². The minimum Gasteiger partial charge on any atom is -0.497 e. The predicted octanol–water partition coefficient (Wildman–Crippen LogP) is 4.68. The van der Waals surface area contributed by atoms with Crippen molar-refractivity contribution in [2.75, 3.05) is 17.3 Å². The van der Waals surface area contributed by atoms with Crippen LogP contribution in [0.5, 0.6) is 5.75 Å². The van der Waals surface area contributed by atoms with E-state index in [0.717, 1.165) is 22.6 Å². The third-order valence-electron chi connectivity index (χ3n) is 4.94. The Labute approximate surface area is 177 Å². The first-order valence-corrected chi connectivity index (χ1v) is 9.45. The topological polar surface area (TPSA) is 58.6 Å². The van der Waals surface area contributed by atoms with E-state index < -0.39 is 23.4 Å². The first kappa shape index (κ1) is 20.3. The molecule has 0 bridgehead atoms. The summed E-state index contributed by atoms with van der Waals surface area (Å²) >= 11 is 0. The van der Waals surface area contributed by atoms with Gasteiger partial charge in [0.1, 0.15) is 11.4 Å². The number of nitrogens with zero attached hydrogens (tertiary/aromatic N) is 1. The average Bonchev–Trinajstić information content (AvgIpc) is 3.01. The molecule has 5 nitrogen and oxygen atoms in total. The summed E-state index contributed by atoms with van der Waals surface area (Å²) in [6, 6.07) is 16.8. The molecule has 4 rings (SSSR count). The highest BCUT2D eigenvalue weighted by atomic mass is 19.2. The number of methoxy groups -OCH3 is 1. The van der Waals surface area contributed by atoms with Gasteiger partial charge in [-0.15, -0.1) is 0 Å². The van der Waals surface area contributed by atoms with Crippen LogP contribution in [0.3, 0.4) is 0 Å². The van der Waals surface area contributed by atoms with Gasteiger partial charge in [-0.05, 0) is 48.9 Å². The van der Waals surface area contributed by atoms with Gasteiger partial charge < -0.3 is 10.1 Å². The summed E-state index contributed by atoms with van der Waals surface area (Å²) in [6.45, 7) is 1.93. The Morgan fingerprint density at radius 3 is 2.13 bits per heavy atom. The Bertz CT molecular complexity index is 1200. The van der Waals surface area contributed by atoms with Crippen LogP contribution in [0.1, 0.15) is 11.1 Å². The van der Waals surface area contributed by atoms with Crippen molar-refractivity contribution < 1.29 is 23.1 Å². The summed E-state index contributed by atoms with van der Waals surface area (Å²) < 4.78 is 32.4. The maximum atomic E-state index is 13.8. The van der Waals surface area contributed by atoms with Crippen LogP contribution in [-0.4, -0.2) is 18.9 Å². The Morgan fingerprint density at radius 1 is 0.839 bits per heavy atom. The van der Waals surface area contributed by atoms with Gasteiger partial charge in [-0.2, -0.15) is 0 Å². The zero-order chi connectivity index (χ0) is 22.1. The molecule has 7 heteroatoms. The van der Waals surface area contributed by atoms with Crippen molar-refractivity contribution in [3.8, 4) is 5.75 Å². The molecule has 3 aromatic carbocycles. The fraction of sp³-hybridized carbons (Fsp3) is 0.0833. The number of hydrogen-bond donors (Lipinski definition) is 1. The summed E-state index contributed by atoms with van der Waals surface area (Å²) in [5.74, 6) is -2.93. The number of anilines is 2. The number of hydrogen-bond acceptors (Lipinski definition) is 4. The molecule has 1 heterocycles. The molecule has 0 spiro atoms. The van der Waals surface area contributed by atoms with Crippen molar-refractivity contribution in [1.29, 1.82) is 0 Å². The summed E-state index contributed by atoms with van der Waals surface area (Å²) in [4.78, 5) is 27.3. The fourth-order valence-electron chi connectivity index (χ4n) is 3.31. The van der Waals surface area contributed by atoms with Crippen LogP contribution >= 0.6 is 0 Å². The number of amides is 2. The number of carbonyl (C=O) groups is 2. The number of ether oxygens (including phenoxy) is 1. The lowest BCUT2D eigenvalue weighted by Crippen LogP contribution is -2.32. The van der Waals surface area contributed by atoms with E-state index in [4.69, 9.17) is 4.74 Å². The van der Waals surface area contributed by atoms with E-state index in [1.807, 2.05) is 19.1 Å². The minimum atomic E-state index is -1.15. The molecule has 2 amide bonds. The van der Waals surface area contributed by atoms with Crippen LogP contribution in [0.15, 0.2) is 72.4 Å². The second-order valence-corrected chi connectivity index (χ2v) is 7.01. The van der Waals surface area contributed by atoms with Gasteiger partial charge in [0.15, 0.2) is 11.6 Å². The van der Waals surface area contributed by atoms with E-state index >= 15 is 0 Å². The average molecular weight is 420 g/mol. The Hall–Kier alpha value is -4.00. The van der Waals surface area contributed by atoms with E-state index in [0.29, 0.717) is 17.0 Å². The van der Waals surface area contributed by atoms with Gasteiger partial charge in [-0.1, -0.05) is 29.8 Å². The zero-order valence-corrected chi connectivity index (χ0v) is 16.8. The molecule has 0 radical (unpaired) electrons. The smallest absolute Gasteiger partial charge is 0.282 e. The third-order valence-corrected chi connectivity index (χ3v) is 4.94. The maximum absolute atomic E-state index is 13.8. The quantitative estimate of drug-likeness (QED) is 0.609. The second-order valence-electron chi connectivity index (χ2n) is 7.01.